The third kappa shape index (κ3) is 2.96. The van der Waals surface area contributed by atoms with Crippen molar-refractivity contribution < 1.29 is 4.79 Å². The Morgan fingerprint density at radius 2 is 1.17 bits per heavy atom. The van der Waals surface area contributed by atoms with Gasteiger partial charge >= 0.3 is 0 Å². The summed E-state index contributed by atoms with van der Waals surface area (Å²) in [5.74, 6) is 0.444. The fourth-order valence-electron chi connectivity index (χ4n) is 2.52. The van der Waals surface area contributed by atoms with E-state index in [2.05, 4.69) is 41.5 Å². The van der Waals surface area contributed by atoms with Crippen LogP contribution in [-0.2, 0) is 4.79 Å². The van der Waals surface area contributed by atoms with Gasteiger partial charge in [0.25, 0.3) is 0 Å². The fraction of sp³-hybridized carbons (Fsp3) is 0.909. The maximum Gasteiger partial charge on any atom is 0.133 e. The molecule has 0 radical (unpaired) electrons. The fourth-order valence-corrected chi connectivity index (χ4v) is 2.52. The molecular weight excluding hydrogens is 148 g/mol. The van der Waals surface area contributed by atoms with Crippen molar-refractivity contribution in [3.05, 3.63) is 0 Å². The lowest BCUT2D eigenvalue weighted by molar-refractivity contribution is -0.128. The molecule has 72 valence electrons. The summed E-state index contributed by atoms with van der Waals surface area (Å²) in [6, 6.07) is 0. The Labute approximate surface area is 76.6 Å². The van der Waals surface area contributed by atoms with Crippen LogP contribution in [-0.4, -0.2) is 5.78 Å². The highest BCUT2D eigenvalue weighted by Crippen LogP contribution is 2.40. The SMILES string of the molecule is CC(=O)C(C(C)(C)C)C(C)(C)C. The van der Waals surface area contributed by atoms with Crippen molar-refractivity contribution in [2.75, 3.05) is 0 Å². The quantitative estimate of drug-likeness (QED) is 0.590. The molecule has 0 unspecified atom stereocenters. The van der Waals surface area contributed by atoms with E-state index in [9.17, 15) is 4.79 Å². The van der Waals surface area contributed by atoms with Gasteiger partial charge in [-0.25, -0.2) is 0 Å². The Bertz CT molecular complexity index is 152. The van der Waals surface area contributed by atoms with Gasteiger partial charge in [-0.2, -0.15) is 0 Å². The topological polar surface area (TPSA) is 17.1 Å². The summed E-state index contributed by atoms with van der Waals surface area (Å²) in [6.07, 6.45) is 0. The normalized spacial score (nSPS) is 13.7. The van der Waals surface area contributed by atoms with Gasteiger partial charge in [-0.3, -0.25) is 4.79 Å². The molecular formula is C11H22O. The first-order chi connectivity index (χ1) is 5.07. The van der Waals surface area contributed by atoms with Crippen LogP contribution in [0.25, 0.3) is 0 Å². The molecule has 1 nitrogen and oxygen atoms in total. The summed E-state index contributed by atoms with van der Waals surface area (Å²) in [5.41, 5.74) is 0.147. The average molecular weight is 170 g/mol. The van der Waals surface area contributed by atoms with Gasteiger partial charge in [-0.15, -0.1) is 0 Å². The van der Waals surface area contributed by atoms with E-state index < -0.39 is 0 Å². The van der Waals surface area contributed by atoms with Gasteiger partial charge in [-0.05, 0) is 17.8 Å². The van der Waals surface area contributed by atoms with Gasteiger partial charge in [0.1, 0.15) is 5.78 Å². The highest BCUT2D eigenvalue weighted by atomic mass is 16.1. The third-order valence-corrected chi connectivity index (χ3v) is 2.14. The maximum absolute atomic E-state index is 11.4. The van der Waals surface area contributed by atoms with Gasteiger partial charge in [-0.1, -0.05) is 41.5 Å². The number of carbonyl (C=O) groups excluding carboxylic acids is 1. The van der Waals surface area contributed by atoms with E-state index in [0.29, 0.717) is 5.78 Å². The first kappa shape index (κ1) is 11.7. The summed E-state index contributed by atoms with van der Waals surface area (Å²) in [7, 11) is 0. The summed E-state index contributed by atoms with van der Waals surface area (Å²) in [4.78, 5) is 11.4. The molecule has 0 aromatic heterocycles. The lowest BCUT2D eigenvalue weighted by Gasteiger charge is -2.38. The molecule has 1 heteroatoms. The second-order valence-corrected chi connectivity index (χ2v) is 5.78. The van der Waals surface area contributed by atoms with Crippen LogP contribution in [0.3, 0.4) is 0 Å². The minimum absolute atomic E-state index is 0.0735. The molecule has 0 amide bonds. The molecule has 0 heterocycles. The first-order valence-electron chi connectivity index (χ1n) is 4.57. The van der Waals surface area contributed by atoms with Crippen LogP contribution in [0, 0.1) is 16.7 Å². The molecule has 0 aliphatic heterocycles. The number of Topliss-reactive ketones (excluding diaryl/α,β-unsaturated/α-hetero) is 1. The summed E-state index contributed by atoms with van der Waals surface area (Å²) >= 11 is 0. The number of rotatable bonds is 1. The van der Waals surface area contributed by atoms with E-state index in [1.165, 1.54) is 0 Å². The van der Waals surface area contributed by atoms with Gasteiger partial charge in [0, 0.05) is 5.92 Å². The molecule has 0 saturated heterocycles. The maximum atomic E-state index is 11.4. The van der Waals surface area contributed by atoms with Crippen LogP contribution >= 0.6 is 0 Å². The molecule has 0 N–H and O–H groups in total. The van der Waals surface area contributed by atoms with Crippen LogP contribution in [0.1, 0.15) is 48.5 Å². The molecule has 0 aliphatic carbocycles. The van der Waals surface area contributed by atoms with Gasteiger partial charge < -0.3 is 0 Å². The predicted molar refractivity (Wildman–Crippen MR) is 53.1 cm³/mol. The van der Waals surface area contributed by atoms with E-state index >= 15 is 0 Å². The zero-order chi connectivity index (χ0) is 10.2. The van der Waals surface area contributed by atoms with Crippen LogP contribution in [0.2, 0.25) is 0 Å². The molecule has 0 rings (SSSR count). The van der Waals surface area contributed by atoms with Gasteiger partial charge in [0.2, 0.25) is 0 Å². The molecule has 0 fully saturated rings. The van der Waals surface area contributed by atoms with E-state index in [1.54, 1.807) is 6.92 Å². The second kappa shape index (κ2) is 3.20. The Kier molecular flexibility index (Phi) is 3.11. The standard InChI is InChI=1S/C11H22O/c1-8(12)9(10(2,3)4)11(5,6)7/h9H,1-7H3. The van der Waals surface area contributed by atoms with Crippen molar-refractivity contribution in [1.82, 2.24) is 0 Å². The van der Waals surface area contributed by atoms with Gasteiger partial charge in [0.05, 0.1) is 0 Å². The lowest BCUT2D eigenvalue weighted by atomic mass is 9.65. The number of ketones is 1. The molecule has 0 bridgehead atoms. The van der Waals surface area contributed by atoms with Crippen molar-refractivity contribution >= 4 is 5.78 Å². The largest absolute Gasteiger partial charge is 0.300 e. The van der Waals surface area contributed by atoms with E-state index in [-0.39, 0.29) is 16.7 Å². The van der Waals surface area contributed by atoms with Crippen molar-refractivity contribution in [2.45, 2.75) is 48.5 Å². The highest BCUT2D eigenvalue weighted by molar-refractivity contribution is 5.79. The number of hydrogen-bond acceptors (Lipinski definition) is 1. The van der Waals surface area contributed by atoms with E-state index in [0.717, 1.165) is 0 Å². The number of carbonyl (C=O) groups is 1. The average Bonchev–Trinajstić information content (AvgIpc) is 1.49. The molecule has 0 aromatic carbocycles. The zero-order valence-corrected chi connectivity index (χ0v) is 9.49. The number of hydrogen-bond donors (Lipinski definition) is 0. The summed E-state index contributed by atoms with van der Waals surface area (Å²) in [5, 5.41) is 0. The molecule has 0 aliphatic rings. The molecule has 0 spiro atoms. The predicted octanol–water partition coefficient (Wildman–Crippen LogP) is 3.28. The lowest BCUT2D eigenvalue weighted by Crippen LogP contribution is -2.37. The van der Waals surface area contributed by atoms with Crippen molar-refractivity contribution in [2.24, 2.45) is 16.7 Å². The van der Waals surface area contributed by atoms with Crippen LogP contribution in [0.15, 0.2) is 0 Å². The van der Waals surface area contributed by atoms with Crippen molar-refractivity contribution in [1.29, 1.82) is 0 Å². The smallest absolute Gasteiger partial charge is 0.133 e. The third-order valence-electron chi connectivity index (χ3n) is 2.14. The first-order valence-corrected chi connectivity index (χ1v) is 4.57. The van der Waals surface area contributed by atoms with Crippen LogP contribution in [0.5, 0.6) is 0 Å². The van der Waals surface area contributed by atoms with Crippen molar-refractivity contribution in [3.63, 3.8) is 0 Å². The Hall–Kier alpha value is -0.330. The molecule has 0 aromatic rings. The van der Waals surface area contributed by atoms with E-state index in [1.807, 2.05) is 0 Å². The Balaban J connectivity index is 4.82. The molecule has 12 heavy (non-hydrogen) atoms. The van der Waals surface area contributed by atoms with E-state index in [4.69, 9.17) is 0 Å². The minimum atomic E-state index is 0.0735. The zero-order valence-electron chi connectivity index (χ0n) is 9.49. The minimum Gasteiger partial charge on any atom is -0.300 e. The van der Waals surface area contributed by atoms with Gasteiger partial charge in [0.15, 0.2) is 0 Å². The van der Waals surface area contributed by atoms with Crippen molar-refractivity contribution in [3.8, 4) is 0 Å². The highest BCUT2D eigenvalue weighted by Gasteiger charge is 2.37. The Morgan fingerprint density at radius 3 is 1.17 bits per heavy atom. The van der Waals surface area contributed by atoms with Crippen LogP contribution in [0.4, 0.5) is 0 Å². The molecule has 0 saturated carbocycles. The molecule has 0 atom stereocenters. The summed E-state index contributed by atoms with van der Waals surface area (Å²) < 4.78 is 0. The second-order valence-electron chi connectivity index (χ2n) is 5.78. The summed E-state index contributed by atoms with van der Waals surface area (Å²) in [6.45, 7) is 14.5. The Morgan fingerprint density at radius 1 is 0.917 bits per heavy atom. The monoisotopic (exact) mass is 170 g/mol. The van der Waals surface area contributed by atoms with Crippen LogP contribution < -0.4 is 0 Å².